The lowest BCUT2D eigenvalue weighted by atomic mass is 9.50. The quantitative estimate of drug-likeness (QED) is 0.290. The van der Waals surface area contributed by atoms with Crippen molar-refractivity contribution in [3.05, 3.63) is 82.9 Å². The van der Waals surface area contributed by atoms with E-state index in [0.717, 1.165) is 43.2 Å². The van der Waals surface area contributed by atoms with Crippen LogP contribution in [0.4, 0.5) is 8.78 Å². The Bertz CT molecular complexity index is 1570. The molecule has 194 valence electrons. The Morgan fingerprint density at radius 1 is 0.974 bits per heavy atom. The van der Waals surface area contributed by atoms with E-state index in [0.29, 0.717) is 39.3 Å². The van der Waals surface area contributed by atoms with Crippen LogP contribution in [0.15, 0.2) is 59.0 Å². The first-order chi connectivity index (χ1) is 18.3. The molecule has 1 aromatic heterocycles. The van der Waals surface area contributed by atoms with Crippen molar-refractivity contribution in [3.63, 3.8) is 0 Å². The van der Waals surface area contributed by atoms with Gasteiger partial charge in [0.15, 0.2) is 0 Å². The predicted molar refractivity (Wildman–Crippen MR) is 142 cm³/mol. The molecule has 2 N–H and O–H groups in total. The third kappa shape index (κ3) is 3.97. The topological polar surface area (TPSA) is 71.3 Å². The molecule has 0 spiro atoms. The molecule has 3 aliphatic carbocycles. The zero-order valence-corrected chi connectivity index (χ0v) is 21.3. The zero-order chi connectivity index (χ0) is 26.6. The fourth-order valence-corrected chi connectivity index (χ4v) is 5.89. The van der Waals surface area contributed by atoms with Crippen molar-refractivity contribution in [2.24, 2.45) is 5.92 Å². The number of halogens is 2. The van der Waals surface area contributed by atoms with Gasteiger partial charge in [-0.05, 0) is 96.8 Å². The summed E-state index contributed by atoms with van der Waals surface area (Å²) in [7, 11) is 1.54. The van der Waals surface area contributed by atoms with Gasteiger partial charge in [0.1, 0.15) is 23.0 Å². The molecule has 2 amide bonds. The van der Waals surface area contributed by atoms with Gasteiger partial charge in [0.2, 0.25) is 0 Å². The van der Waals surface area contributed by atoms with Crippen molar-refractivity contribution in [1.29, 1.82) is 0 Å². The second-order valence-corrected chi connectivity index (χ2v) is 10.6. The Morgan fingerprint density at radius 3 is 2.32 bits per heavy atom. The van der Waals surface area contributed by atoms with Crippen LogP contribution in [-0.4, -0.2) is 24.4 Å². The first-order valence-corrected chi connectivity index (χ1v) is 13.0. The van der Waals surface area contributed by atoms with Gasteiger partial charge in [-0.3, -0.25) is 9.59 Å². The molecule has 0 saturated heterocycles. The number of hydrogen-bond acceptors (Lipinski definition) is 3. The van der Waals surface area contributed by atoms with Crippen LogP contribution in [0.2, 0.25) is 0 Å². The molecule has 3 aromatic carbocycles. The number of furan rings is 1. The monoisotopic (exact) mass is 514 g/mol. The fourth-order valence-electron chi connectivity index (χ4n) is 5.89. The Balaban J connectivity index is 1.48. The van der Waals surface area contributed by atoms with Crippen molar-refractivity contribution < 1.29 is 22.8 Å². The van der Waals surface area contributed by atoms with Crippen molar-refractivity contribution >= 4 is 22.8 Å². The van der Waals surface area contributed by atoms with Crippen LogP contribution in [0.25, 0.3) is 33.4 Å². The van der Waals surface area contributed by atoms with Crippen LogP contribution in [0.1, 0.15) is 58.9 Å². The van der Waals surface area contributed by atoms with Crippen LogP contribution >= 0.6 is 0 Å². The first kappa shape index (κ1) is 24.3. The Labute approximate surface area is 219 Å². The van der Waals surface area contributed by atoms with Gasteiger partial charge in [-0.25, -0.2) is 8.78 Å². The molecule has 4 aromatic rings. The van der Waals surface area contributed by atoms with E-state index in [9.17, 15) is 18.4 Å². The molecule has 3 saturated carbocycles. The lowest BCUT2D eigenvalue weighted by Crippen LogP contribution is -2.68. The minimum Gasteiger partial charge on any atom is -0.455 e. The molecule has 5 nitrogen and oxygen atoms in total. The molecule has 0 atom stereocenters. The van der Waals surface area contributed by atoms with Crippen molar-refractivity contribution in [3.8, 4) is 22.5 Å². The summed E-state index contributed by atoms with van der Waals surface area (Å²) in [5.41, 5.74) is 3.74. The number of amides is 2. The average Bonchev–Trinajstić information content (AvgIpc) is 3.23. The maximum atomic E-state index is 14.8. The van der Waals surface area contributed by atoms with Gasteiger partial charge >= 0.3 is 0 Å². The standard InChI is InChI=1S/C31H28F2N2O3/c1-3-4-19-12-26-24(27(30(37)34-2)28(38-26)18-5-8-21(32)9-6-18)13-22(19)20-7-10-25(33)23(11-20)29(36)35-31-14-17(15-31)16-31/h5-13,17H,3-4,14-16H2,1-2H3,(H,34,37)(H,35,36). The number of hydrogen-bond donors (Lipinski definition) is 2. The van der Waals surface area contributed by atoms with Crippen LogP contribution in [-0.2, 0) is 6.42 Å². The van der Waals surface area contributed by atoms with Gasteiger partial charge in [0.25, 0.3) is 11.8 Å². The normalized spacial score (nSPS) is 19.5. The molecule has 38 heavy (non-hydrogen) atoms. The van der Waals surface area contributed by atoms with Gasteiger partial charge in [0, 0.05) is 23.5 Å². The molecule has 3 fully saturated rings. The maximum Gasteiger partial charge on any atom is 0.255 e. The van der Waals surface area contributed by atoms with E-state index in [-0.39, 0.29) is 22.8 Å². The van der Waals surface area contributed by atoms with Gasteiger partial charge in [-0.1, -0.05) is 19.4 Å². The summed E-state index contributed by atoms with van der Waals surface area (Å²) in [4.78, 5) is 26.0. The molecule has 7 rings (SSSR count). The Kier molecular flexibility index (Phi) is 5.82. The second kappa shape index (κ2) is 9.08. The lowest BCUT2D eigenvalue weighted by molar-refractivity contribution is -0.0439. The predicted octanol–water partition coefficient (Wildman–Crippen LogP) is 6.64. The summed E-state index contributed by atoms with van der Waals surface area (Å²) >= 11 is 0. The van der Waals surface area contributed by atoms with Gasteiger partial charge in [-0.15, -0.1) is 0 Å². The third-order valence-electron chi connectivity index (χ3n) is 7.93. The maximum absolute atomic E-state index is 14.8. The van der Waals surface area contributed by atoms with E-state index in [1.807, 2.05) is 12.1 Å². The van der Waals surface area contributed by atoms with E-state index in [2.05, 4.69) is 17.6 Å². The van der Waals surface area contributed by atoms with Crippen LogP contribution in [0.5, 0.6) is 0 Å². The minimum absolute atomic E-state index is 0.0143. The molecule has 0 unspecified atom stereocenters. The zero-order valence-electron chi connectivity index (χ0n) is 21.3. The lowest BCUT2D eigenvalue weighted by Gasteiger charge is -2.61. The second-order valence-electron chi connectivity index (χ2n) is 10.6. The van der Waals surface area contributed by atoms with Crippen LogP contribution < -0.4 is 10.6 Å². The van der Waals surface area contributed by atoms with Crippen molar-refractivity contribution in [1.82, 2.24) is 10.6 Å². The summed E-state index contributed by atoms with van der Waals surface area (Å²) in [6.45, 7) is 2.06. The molecular weight excluding hydrogens is 486 g/mol. The van der Waals surface area contributed by atoms with Gasteiger partial charge < -0.3 is 15.1 Å². The molecule has 3 aliphatic rings. The van der Waals surface area contributed by atoms with Crippen LogP contribution in [0.3, 0.4) is 0 Å². The first-order valence-electron chi connectivity index (χ1n) is 13.0. The smallest absolute Gasteiger partial charge is 0.255 e. The van der Waals surface area contributed by atoms with Crippen LogP contribution in [0, 0.1) is 17.6 Å². The van der Waals surface area contributed by atoms with Gasteiger partial charge in [0.05, 0.1) is 11.1 Å². The van der Waals surface area contributed by atoms with E-state index in [1.165, 1.54) is 18.2 Å². The van der Waals surface area contributed by atoms with Gasteiger partial charge in [-0.2, -0.15) is 0 Å². The molecule has 0 aliphatic heterocycles. The number of carbonyl (C=O) groups excluding carboxylic acids is 2. The van der Waals surface area contributed by atoms with E-state index >= 15 is 0 Å². The van der Waals surface area contributed by atoms with Crippen molar-refractivity contribution in [2.75, 3.05) is 7.05 Å². The molecular formula is C31H28F2N2O3. The highest BCUT2D eigenvalue weighted by Gasteiger charge is 2.57. The number of carbonyl (C=O) groups is 2. The average molecular weight is 515 g/mol. The minimum atomic E-state index is -0.566. The SMILES string of the molecule is CCCc1cc2oc(-c3ccc(F)cc3)c(C(=O)NC)c2cc1-c1ccc(F)c(C(=O)NC23CC(C2)C3)c1. The van der Waals surface area contributed by atoms with E-state index < -0.39 is 11.7 Å². The number of nitrogens with one attached hydrogen (secondary N) is 2. The number of fused-ring (bicyclic) bond motifs is 1. The highest BCUT2D eigenvalue weighted by molar-refractivity contribution is 6.12. The number of rotatable bonds is 7. The molecule has 1 heterocycles. The summed E-state index contributed by atoms with van der Waals surface area (Å²) in [6.07, 6.45) is 4.48. The summed E-state index contributed by atoms with van der Waals surface area (Å²) < 4.78 is 34.6. The van der Waals surface area contributed by atoms with E-state index in [4.69, 9.17) is 4.42 Å². The summed E-state index contributed by atoms with van der Waals surface area (Å²) in [5.74, 6) is -0.646. The molecule has 2 bridgehead atoms. The molecule has 0 radical (unpaired) electrons. The van der Waals surface area contributed by atoms with E-state index in [1.54, 1.807) is 31.3 Å². The summed E-state index contributed by atoms with van der Waals surface area (Å²) in [6, 6.07) is 14.1. The highest BCUT2D eigenvalue weighted by Crippen LogP contribution is 2.57. The fraction of sp³-hybridized carbons (Fsp3) is 0.290. The highest BCUT2D eigenvalue weighted by atomic mass is 19.1. The number of benzene rings is 3. The molecule has 7 heteroatoms. The number of aryl methyl sites for hydroxylation is 1. The summed E-state index contributed by atoms with van der Waals surface area (Å²) in [5, 5.41) is 6.31. The Hall–Kier alpha value is -4.00. The third-order valence-corrected chi connectivity index (χ3v) is 7.93. The largest absolute Gasteiger partial charge is 0.455 e. The Morgan fingerprint density at radius 2 is 1.68 bits per heavy atom. The van der Waals surface area contributed by atoms with Crippen molar-refractivity contribution in [2.45, 2.75) is 44.6 Å².